The van der Waals surface area contributed by atoms with Crippen LogP contribution in [0, 0.1) is 18.3 Å². The van der Waals surface area contributed by atoms with Gasteiger partial charge in [-0.15, -0.1) is 0 Å². The first-order chi connectivity index (χ1) is 9.61. The van der Waals surface area contributed by atoms with Crippen molar-refractivity contribution in [2.24, 2.45) is 4.99 Å². The van der Waals surface area contributed by atoms with Crippen LogP contribution in [0.15, 0.2) is 34.5 Å². The summed E-state index contributed by atoms with van der Waals surface area (Å²) in [5, 5.41) is 8.88. The smallest absolute Gasteiger partial charge is 0.335 e. The highest BCUT2D eigenvalue weighted by molar-refractivity contribution is 5.89. The molecule has 4 heteroatoms. The average molecular weight is 268 g/mol. The zero-order valence-corrected chi connectivity index (χ0v) is 11.6. The predicted molar refractivity (Wildman–Crippen MR) is 76.4 cm³/mol. The number of aliphatic imine (C=N–C) groups is 1. The van der Waals surface area contributed by atoms with Crippen LogP contribution in [0.2, 0.25) is 0 Å². The van der Waals surface area contributed by atoms with E-state index in [0.717, 1.165) is 16.8 Å². The summed E-state index contributed by atoms with van der Waals surface area (Å²) in [7, 11) is 0. The van der Waals surface area contributed by atoms with E-state index < -0.39 is 0 Å². The van der Waals surface area contributed by atoms with E-state index in [4.69, 9.17) is 10.00 Å². The number of esters is 1. The van der Waals surface area contributed by atoms with Gasteiger partial charge >= 0.3 is 5.97 Å². The summed E-state index contributed by atoms with van der Waals surface area (Å²) in [4.78, 5) is 15.7. The molecule has 0 saturated carbocycles. The summed E-state index contributed by atoms with van der Waals surface area (Å²) in [5.41, 5.74) is 4.14. The lowest BCUT2D eigenvalue weighted by Gasteiger charge is -2.13. The minimum Gasteiger partial charge on any atom is -0.462 e. The van der Waals surface area contributed by atoms with E-state index in [1.165, 1.54) is 0 Å². The number of aryl methyl sites for hydroxylation is 1. The number of benzene rings is 1. The molecule has 4 nitrogen and oxygen atoms in total. The third-order valence-electron chi connectivity index (χ3n) is 3.30. The topological polar surface area (TPSA) is 62.4 Å². The van der Waals surface area contributed by atoms with Crippen LogP contribution < -0.4 is 0 Å². The molecule has 0 spiro atoms. The molecule has 0 aromatic heterocycles. The molecule has 0 atom stereocenters. The number of hydrogen-bond acceptors (Lipinski definition) is 4. The Morgan fingerprint density at radius 3 is 2.95 bits per heavy atom. The number of cyclic esters (lactones) is 1. The van der Waals surface area contributed by atoms with E-state index in [1.54, 1.807) is 13.1 Å². The van der Waals surface area contributed by atoms with Gasteiger partial charge in [0.25, 0.3) is 0 Å². The zero-order chi connectivity index (χ0) is 14.5. The Balaban J connectivity index is 2.07. The molecule has 1 aromatic rings. The molecule has 0 fully saturated rings. The summed E-state index contributed by atoms with van der Waals surface area (Å²) in [6, 6.07) is 7.88. The van der Waals surface area contributed by atoms with E-state index in [1.807, 2.05) is 25.1 Å². The molecule has 1 aliphatic rings. The number of ether oxygens (including phenoxy) is 1. The molecule has 0 saturated heterocycles. The summed E-state index contributed by atoms with van der Waals surface area (Å²) in [5.74, 6) is -0.280. The first-order valence-corrected chi connectivity index (χ1v) is 6.51. The van der Waals surface area contributed by atoms with Gasteiger partial charge in [-0.2, -0.15) is 5.26 Å². The third-order valence-corrected chi connectivity index (χ3v) is 3.30. The standard InChI is InChI=1S/C16H16N2O2/c1-11-9-13(3-4-14(11)10-17)5-7-18-15-6-8-20-16(19)12(15)2/h3-4,7,9H,5-6,8H2,1-2H3/b18-7-. The van der Waals surface area contributed by atoms with E-state index in [9.17, 15) is 4.79 Å². The Morgan fingerprint density at radius 2 is 2.25 bits per heavy atom. The lowest BCUT2D eigenvalue weighted by atomic mass is 10.0. The molecule has 0 amide bonds. The van der Waals surface area contributed by atoms with Gasteiger partial charge in [-0.25, -0.2) is 4.79 Å². The van der Waals surface area contributed by atoms with Crippen molar-refractivity contribution in [2.75, 3.05) is 6.61 Å². The maximum atomic E-state index is 11.4. The van der Waals surface area contributed by atoms with Crippen LogP contribution in [-0.2, 0) is 16.0 Å². The fourth-order valence-corrected chi connectivity index (χ4v) is 2.05. The third kappa shape index (κ3) is 3.12. The van der Waals surface area contributed by atoms with Crippen LogP contribution in [0.25, 0.3) is 0 Å². The van der Waals surface area contributed by atoms with E-state index in [-0.39, 0.29) is 5.97 Å². The maximum Gasteiger partial charge on any atom is 0.335 e. The SMILES string of the molecule is CC1=C(/N=C\Cc2ccc(C#N)c(C)c2)CCOC1=O. The van der Waals surface area contributed by atoms with Crippen LogP contribution in [0.1, 0.15) is 30.0 Å². The van der Waals surface area contributed by atoms with Crippen LogP contribution in [0.4, 0.5) is 0 Å². The van der Waals surface area contributed by atoms with Crippen molar-refractivity contribution >= 4 is 12.2 Å². The van der Waals surface area contributed by atoms with Gasteiger partial charge in [-0.3, -0.25) is 4.99 Å². The minimum atomic E-state index is -0.280. The Labute approximate surface area is 118 Å². The number of hydrogen-bond donors (Lipinski definition) is 0. The molecule has 0 unspecified atom stereocenters. The van der Waals surface area contributed by atoms with Gasteiger partial charge in [-0.1, -0.05) is 12.1 Å². The fraction of sp³-hybridized carbons (Fsp3) is 0.312. The van der Waals surface area contributed by atoms with Crippen molar-refractivity contribution in [1.82, 2.24) is 0 Å². The van der Waals surface area contributed by atoms with Gasteiger partial charge < -0.3 is 4.74 Å². The first-order valence-electron chi connectivity index (χ1n) is 6.51. The van der Waals surface area contributed by atoms with Crippen molar-refractivity contribution in [2.45, 2.75) is 26.7 Å². The van der Waals surface area contributed by atoms with Crippen molar-refractivity contribution < 1.29 is 9.53 Å². The second-order valence-corrected chi connectivity index (χ2v) is 4.73. The molecular formula is C16H16N2O2. The molecule has 1 heterocycles. The largest absolute Gasteiger partial charge is 0.462 e. The van der Waals surface area contributed by atoms with Crippen LogP contribution in [0.5, 0.6) is 0 Å². The monoisotopic (exact) mass is 268 g/mol. The zero-order valence-electron chi connectivity index (χ0n) is 11.6. The van der Waals surface area contributed by atoms with Gasteiger partial charge in [0, 0.05) is 19.1 Å². The normalized spacial score (nSPS) is 15.3. The highest BCUT2D eigenvalue weighted by atomic mass is 16.5. The Hall–Kier alpha value is -2.41. The summed E-state index contributed by atoms with van der Waals surface area (Å²) in [6.07, 6.45) is 3.15. The van der Waals surface area contributed by atoms with E-state index in [0.29, 0.717) is 30.6 Å². The lowest BCUT2D eigenvalue weighted by Crippen LogP contribution is -2.15. The van der Waals surface area contributed by atoms with E-state index in [2.05, 4.69) is 11.1 Å². The number of rotatable bonds is 3. The summed E-state index contributed by atoms with van der Waals surface area (Å²) >= 11 is 0. The molecule has 20 heavy (non-hydrogen) atoms. The molecule has 2 rings (SSSR count). The molecule has 1 aliphatic heterocycles. The van der Waals surface area contributed by atoms with Gasteiger partial charge in [0.05, 0.1) is 29.5 Å². The molecular weight excluding hydrogens is 252 g/mol. The van der Waals surface area contributed by atoms with Crippen molar-refractivity contribution in [3.63, 3.8) is 0 Å². The Kier molecular flexibility index (Phi) is 4.31. The van der Waals surface area contributed by atoms with Crippen LogP contribution in [0.3, 0.4) is 0 Å². The highest BCUT2D eigenvalue weighted by Gasteiger charge is 2.16. The second-order valence-electron chi connectivity index (χ2n) is 4.73. The first kappa shape index (κ1) is 14.0. The summed E-state index contributed by atoms with van der Waals surface area (Å²) in [6.45, 7) is 4.06. The number of nitrogens with zero attached hydrogens (tertiary/aromatic N) is 2. The van der Waals surface area contributed by atoms with Gasteiger partial charge in [0.15, 0.2) is 0 Å². The van der Waals surface area contributed by atoms with Gasteiger partial charge in [-0.05, 0) is 31.0 Å². The minimum absolute atomic E-state index is 0.280. The van der Waals surface area contributed by atoms with Crippen molar-refractivity contribution in [1.29, 1.82) is 5.26 Å². The predicted octanol–water partition coefficient (Wildman–Crippen LogP) is 2.70. The lowest BCUT2D eigenvalue weighted by molar-refractivity contribution is -0.140. The van der Waals surface area contributed by atoms with Crippen molar-refractivity contribution in [3.8, 4) is 6.07 Å². The Morgan fingerprint density at radius 1 is 1.45 bits per heavy atom. The van der Waals surface area contributed by atoms with Crippen LogP contribution in [-0.4, -0.2) is 18.8 Å². The fourth-order valence-electron chi connectivity index (χ4n) is 2.05. The molecule has 0 radical (unpaired) electrons. The molecule has 1 aromatic carbocycles. The number of carbonyl (C=O) groups excluding carboxylic acids is 1. The Bertz CT molecular complexity index is 636. The molecule has 0 bridgehead atoms. The van der Waals surface area contributed by atoms with E-state index >= 15 is 0 Å². The summed E-state index contributed by atoms with van der Waals surface area (Å²) < 4.78 is 4.92. The number of carbonyl (C=O) groups is 1. The van der Waals surface area contributed by atoms with Crippen molar-refractivity contribution in [3.05, 3.63) is 46.2 Å². The highest BCUT2D eigenvalue weighted by Crippen LogP contribution is 2.17. The quantitative estimate of drug-likeness (QED) is 0.625. The molecule has 102 valence electrons. The van der Waals surface area contributed by atoms with Gasteiger partial charge in [0.1, 0.15) is 0 Å². The average Bonchev–Trinajstić information content (AvgIpc) is 2.44. The number of nitriles is 1. The maximum absolute atomic E-state index is 11.4. The molecule has 0 N–H and O–H groups in total. The van der Waals surface area contributed by atoms with Crippen LogP contribution >= 0.6 is 0 Å². The molecule has 0 aliphatic carbocycles. The second kappa shape index (κ2) is 6.16. The van der Waals surface area contributed by atoms with Gasteiger partial charge in [0.2, 0.25) is 0 Å².